The molecule has 0 aromatic carbocycles. The zero-order valence-electron chi connectivity index (χ0n) is 9.27. The molecule has 0 aromatic rings. The van der Waals surface area contributed by atoms with Gasteiger partial charge in [-0.3, -0.25) is 0 Å². The molecule has 0 amide bonds. The van der Waals surface area contributed by atoms with Crippen LogP contribution in [0.15, 0.2) is 11.1 Å². The topological polar surface area (TPSA) is 18.5 Å². The first kappa shape index (κ1) is 10.2. The first-order valence-corrected chi connectivity index (χ1v) is 5.75. The number of hydrogen-bond donors (Lipinski definition) is 0. The largest absolute Gasteiger partial charge is 0.344 e. The summed E-state index contributed by atoms with van der Waals surface area (Å²) in [6.07, 6.45) is 6.18. The van der Waals surface area contributed by atoms with Crippen molar-refractivity contribution in [3.8, 4) is 0 Å². The van der Waals surface area contributed by atoms with Crippen molar-refractivity contribution in [3.63, 3.8) is 0 Å². The van der Waals surface area contributed by atoms with E-state index in [1.165, 1.54) is 31.3 Å². The second-order valence-electron chi connectivity index (χ2n) is 4.33. The molecule has 2 nitrogen and oxygen atoms in total. The van der Waals surface area contributed by atoms with Crippen molar-refractivity contribution in [2.24, 2.45) is 0 Å². The smallest absolute Gasteiger partial charge is 0.188 e. The number of hydrogen-bond acceptors (Lipinski definition) is 2. The third kappa shape index (κ3) is 2.01. The highest BCUT2D eigenvalue weighted by molar-refractivity contribution is 5.30. The van der Waals surface area contributed by atoms with Crippen molar-refractivity contribution in [3.05, 3.63) is 11.1 Å². The molecule has 1 aliphatic carbocycles. The maximum absolute atomic E-state index is 5.72. The normalized spacial score (nSPS) is 24.0. The minimum atomic E-state index is -0.374. The molecule has 1 heterocycles. The summed E-state index contributed by atoms with van der Waals surface area (Å²) in [6.45, 7) is 5.81. The summed E-state index contributed by atoms with van der Waals surface area (Å²) in [5.41, 5.74) is 3.03. The number of allylic oxidation sites excluding steroid dienone is 1. The van der Waals surface area contributed by atoms with E-state index in [0.717, 1.165) is 19.6 Å². The van der Waals surface area contributed by atoms with Crippen LogP contribution in [0.25, 0.3) is 0 Å². The Labute approximate surface area is 86.3 Å². The van der Waals surface area contributed by atoms with E-state index in [0.29, 0.717) is 0 Å². The third-order valence-corrected chi connectivity index (χ3v) is 3.09. The van der Waals surface area contributed by atoms with Gasteiger partial charge >= 0.3 is 0 Å². The Morgan fingerprint density at radius 3 is 2.43 bits per heavy atom. The molecule has 2 fully saturated rings. The highest BCUT2D eigenvalue weighted by Crippen LogP contribution is 2.42. The van der Waals surface area contributed by atoms with Crippen molar-refractivity contribution in [2.75, 3.05) is 13.2 Å². The lowest BCUT2D eigenvalue weighted by molar-refractivity contribution is -0.112. The number of ether oxygens (including phenoxy) is 2. The lowest BCUT2D eigenvalue weighted by Gasteiger charge is -2.26. The molecule has 2 aliphatic rings. The standard InChI is InChI=1S/C12H20O2/c1-3-4-5-11(10-6-7-10)12(2)13-8-9-14-12/h3-9H2,1-2H3. The summed E-state index contributed by atoms with van der Waals surface area (Å²) >= 11 is 0. The van der Waals surface area contributed by atoms with Gasteiger partial charge in [0.25, 0.3) is 0 Å². The van der Waals surface area contributed by atoms with Gasteiger partial charge in [-0.05, 0) is 38.2 Å². The fraction of sp³-hybridized carbons (Fsp3) is 0.833. The monoisotopic (exact) mass is 196 g/mol. The number of rotatable bonds is 4. The Hall–Kier alpha value is -0.340. The lowest BCUT2D eigenvalue weighted by Crippen LogP contribution is -2.28. The first-order valence-electron chi connectivity index (χ1n) is 5.75. The van der Waals surface area contributed by atoms with Gasteiger partial charge < -0.3 is 9.47 Å². The van der Waals surface area contributed by atoms with Crippen molar-refractivity contribution in [1.82, 2.24) is 0 Å². The van der Waals surface area contributed by atoms with Crippen LogP contribution in [0.3, 0.4) is 0 Å². The van der Waals surface area contributed by atoms with Crippen molar-refractivity contribution in [2.45, 2.75) is 51.7 Å². The first-order chi connectivity index (χ1) is 6.76. The van der Waals surface area contributed by atoms with E-state index >= 15 is 0 Å². The average Bonchev–Trinajstić information content (AvgIpc) is 2.90. The lowest BCUT2D eigenvalue weighted by atomic mass is 10.00. The van der Waals surface area contributed by atoms with Gasteiger partial charge in [0, 0.05) is 0 Å². The van der Waals surface area contributed by atoms with E-state index < -0.39 is 0 Å². The van der Waals surface area contributed by atoms with Gasteiger partial charge in [0.05, 0.1) is 13.2 Å². The van der Waals surface area contributed by atoms with E-state index in [4.69, 9.17) is 9.47 Å². The average molecular weight is 196 g/mol. The Bertz CT molecular complexity index is 231. The van der Waals surface area contributed by atoms with Crippen LogP contribution in [0.2, 0.25) is 0 Å². The molecule has 2 heteroatoms. The second-order valence-corrected chi connectivity index (χ2v) is 4.33. The fourth-order valence-corrected chi connectivity index (χ4v) is 2.13. The highest BCUT2D eigenvalue weighted by Gasteiger charge is 2.38. The summed E-state index contributed by atoms with van der Waals surface area (Å²) in [5.74, 6) is -0.374. The zero-order chi connectivity index (χ0) is 10.0. The molecule has 0 N–H and O–H groups in total. The molecule has 0 atom stereocenters. The predicted octanol–water partition coefficient (Wildman–Crippen LogP) is 3.03. The molecule has 0 unspecified atom stereocenters. The van der Waals surface area contributed by atoms with Gasteiger partial charge in [0.15, 0.2) is 5.79 Å². The second kappa shape index (κ2) is 4.03. The summed E-state index contributed by atoms with van der Waals surface area (Å²) in [6, 6.07) is 0. The summed E-state index contributed by atoms with van der Waals surface area (Å²) in [4.78, 5) is 0. The van der Waals surface area contributed by atoms with E-state index in [2.05, 4.69) is 13.8 Å². The molecule has 1 aliphatic heterocycles. The predicted molar refractivity (Wildman–Crippen MR) is 56.1 cm³/mol. The molecule has 80 valence electrons. The van der Waals surface area contributed by atoms with Gasteiger partial charge in [0.2, 0.25) is 0 Å². The molecular weight excluding hydrogens is 176 g/mol. The van der Waals surface area contributed by atoms with Crippen LogP contribution in [-0.2, 0) is 9.47 Å². The van der Waals surface area contributed by atoms with Crippen LogP contribution in [-0.4, -0.2) is 19.0 Å². The van der Waals surface area contributed by atoms with Crippen molar-refractivity contribution >= 4 is 0 Å². The SMILES string of the molecule is CCCCC(=C1CC1)C1(C)OCCO1. The van der Waals surface area contributed by atoms with Gasteiger partial charge in [-0.1, -0.05) is 18.9 Å². The molecule has 0 bridgehead atoms. The van der Waals surface area contributed by atoms with Gasteiger partial charge in [0.1, 0.15) is 0 Å². The Kier molecular flexibility index (Phi) is 2.93. The van der Waals surface area contributed by atoms with E-state index in [1.807, 2.05) is 0 Å². The molecule has 14 heavy (non-hydrogen) atoms. The van der Waals surface area contributed by atoms with Crippen LogP contribution in [0, 0.1) is 0 Å². The summed E-state index contributed by atoms with van der Waals surface area (Å²) in [5, 5.41) is 0. The molecule has 1 saturated carbocycles. The van der Waals surface area contributed by atoms with Crippen molar-refractivity contribution in [1.29, 1.82) is 0 Å². The van der Waals surface area contributed by atoms with Gasteiger partial charge in [-0.15, -0.1) is 0 Å². The summed E-state index contributed by atoms with van der Waals surface area (Å²) in [7, 11) is 0. The van der Waals surface area contributed by atoms with E-state index in [1.54, 1.807) is 5.57 Å². The summed E-state index contributed by atoms with van der Waals surface area (Å²) < 4.78 is 11.4. The molecule has 0 aromatic heterocycles. The molecule has 0 radical (unpaired) electrons. The zero-order valence-corrected chi connectivity index (χ0v) is 9.27. The highest BCUT2D eigenvalue weighted by atomic mass is 16.7. The Morgan fingerprint density at radius 2 is 1.93 bits per heavy atom. The molecular formula is C12H20O2. The fourth-order valence-electron chi connectivity index (χ4n) is 2.13. The van der Waals surface area contributed by atoms with Crippen LogP contribution >= 0.6 is 0 Å². The van der Waals surface area contributed by atoms with Crippen LogP contribution in [0.4, 0.5) is 0 Å². The van der Waals surface area contributed by atoms with Gasteiger partial charge in [-0.2, -0.15) is 0 Å². The molecule has 1 saturated heterocycles. The minimum absolute atomic E-state index is 0.374. The minimum Gasteiger partial charge on any atom is -0.344 e. The molecule has 2 rings (SSSR count). The maximum Gasteiger partial charge on any atom is 0.188 e. The van der Waals surface area contributed by atoms with E-state index in [-0.39, 0.29) is 5.79 Å². The maximum atomic E-state index is 5.72. The number of unbranched alkanes of at least 4 members (excludes halogenated alkanes) is 1. The van der Waals surface area contributed by atoms with Gasteiger partial charge in [-0.25, -0.2) is 0 Å². The van der Waals surface area contributed by atoms with Crippen LogP contribution in [0.1, 0.15) is 46.0 Å². The van der Waals surface area contributed by atoms with Crippen LogP contribution < -0.4 is 0 Å². The Balaban J connectivity index is 2.07. The quantitative estimate of drug-likeness (QED) is 0.643. The Morgan fingerprint density at radius 1 is 1.29 bits per heavy atom. The van der Waals surface area contributed by atoms with Crippen molar-refractivity contribution < 1.29 is 9.47 Å². The van der Waals surface area contributed by atoms with Crippen LogP contribution in [0.5, 0.6) is 0 Å². The molecule has 0 spiro atoms. The third-order valence-electron chi connectivity index (χ3n) is 3.09. The van der Waals surface area contributed by atoms with E-state index in [9.17, 15) is 0 Å².